The van der Waals surface area contributed by atoms with E-state index in [1.807, 2.05) is 36.4 Å². The maximum atomic E-state index is 13.3. The van der Waals surface area contributed by atoms with Crippen molar-refractivity contribution in [1.82, 2.24) is 9.29 Å². The van der Waals surface area contributed by atoms with Crippen LogP contribution in [0.4, 0.5) is 11.4 Å². The molecular weight excluding hydrogens is 448 g/mol. The van der Waals surface area contributed by atoms with Gasteiger partial charge < -0.3 is 10.2 Å². The van der Waals surface area contributed by atoms with Crippen LogP contribution in [-0.4, -0.2) is 50.8 Å². The predicted molar refractivity (Wildman–Crippen MR) is 135 cm³/mol. The number of hydrogen-bond donors (Lipinski definition) is 1. The van der Waals surface area contributed by atoms with E-state index in [0.29, 0.717) is 11.3 Å². The van der Waals surface area contributed by atoms with Gasteiger partial charge in [0.1, 0.15) is 0 Å². The summed E-state index contributed by atoms with van der Waals surface area (Å²) >= 11 is 0. The lowest BCUT2D eigenvalue weighted by Gasteiger charge is -2.30. The summed E-state index contributed by atoms with van der Waals surface area (Å²) in [5.74, 6) is -0.321. The molecule has 0 aliphatic carbocycles. The van der Waals surface area contributed by atoms with Gasteiger partial charge in [-0.05, 0) is 79.3 Å². The molecule has 1 aromatic heterocycles. The maximum Gasteiger partial charge on any atom is 0.257 e. The minimum absolute atomic E-state index is 0.108. The monoisotopic (exact) mass is 478 g/mol. The van der Waals surface area contributed by atoms with Gasteiger partial charge in [-0.25, -0.2) is 12.7 Å². The third-order valence-electron chi connectivity index (χ3n) is 6.06. The number of nitrogens with one attached hydrogen (secondary N) is 1. The molecule has 0 spiro atoms. The largest absolute Gasteiger partial charge is 0.371 e. The van der Waals surface area contributed by atoms with E-state index in [1.54, 1.807) is 24.5 Å². The summed E-state index contributed by atoms with van der Waals surface area (Å²) in [5.41, 5.74) is 4.08. The second kappa shape index (κ2) is 10.4. The summed E-state index contributed by atoms with van der Waals surface area (Å²) in [7, 11) is -0.684. The fraction of sp³-hybridized carbons (Fsp3) is 0.308. The fourth-order valence-corrected chi connectivity index (χ4v) is 5.05. The summed E-state index contributed by atoms with van der Waals surface area (Å²) < 4.78 is 26.6. The van der Waals surface area contributed by atoms with E-state index in [1.165, 1.54) is 20.2 Å². The number of benzene rings is 2. The molecule has 1 aliphatic heterocycles. The van der Waals surface area contributed by atoms with Crippen LogP contribution < -0.4 is 10.2 Å². The number of hydrogen-bond acceptors (Lipinski definition) is 5. The van der Waals surface area contributed by atoms with Crippen LogP contribution in [0.2, 0.25) is 0 Å². The second-order valence-electron chi connectivity index (χ2n) is 8.70. The lowest BCUT2D eigenvalue weighted by molar-refractivity contribution is 0.102. The fourth-order valence-electron chi connectivity index (χ4n) is 4.12. The molecule has 34 heavy (non-hydrogen) atoms. The summed E-state index contributed by atoms with van der Waals surface area (Å²) in [6.45, 7) is 1.70. The number of rotatable bonds is 7. The molecule has 1 N–H and O–H groups in total. The highest BCUT2D eigenvalue weighted by Crippen LogP contribution is 2.29. The van der Waals surface area contributed by atoms with Crippen LogP contribution in [0.15, 0.2) is 71.9 Å². The zero-order chi connectivity index (χ0) is 24.1. The maximum absolute atomic E-state index is 13.3. The number of pyridine rings is 1. The molecule has 1 amide bonds. The predicted octanol–water partition coefficient (Wildman–Crippen LogP) is 4.17. The number of carbonyl (C=O) groups is 1. The molecule has 0 bridgehead atoms. The van der Waals surface area contributed by atoms with Crippen molar-refractivity contribution >= 4 is 27.3 Å². The third-order valence-corrected chi connectivity index (χ3v) is 7.87. The van der Waals surface area contributed by atoms with Crippen LogP contribution in [0, 0.1) is 0 Å². The van der Waals surface area contributed by atoms with Gasteiger partial charge in [0.2, 0.25) is 10.0 Å². The van der Waals surface area contributed by atoms with E-state index in [9.17, 15) is 13.2 Å². The number of anilines is 2. The Kier molecular flexibility index (Phi) is 7.29. The Morgan fingerprint density at radius 1 is 0.941 bits per heavy atom. The highest BCUT2D eigenvalue weighted by Gasteiger charge is 2.24. The van der Waals surface area contributed by atoms with Crippen molar-refractivity contribution < 1.29 is 13.2 Å². The van der Waals surface area contributed by atoms with Crippen LogP contribution >= 0.6 is 0 Å². The number of aromatic nitrogens is 1. The van der Waals surface area contributed by atoms with Gasteiger partial charge in [0.25, 0.3) is 5.91 Å². The standard InChI is InChI=1S/C26H30N4O3S/c1-29(2)34(32,33)23-10-11-25(30-16-4-3-5-17-30)24(19-23)26(31)28-22-8-6-20(7-9-22)18-21-12-14-27-15-13-21/h6-15,19H,3-5,16-18H2,1-2H3,(H,28,31). The van der Waals surface area contributed by atoms with Gasteiger partial charge in [-0.1, -0.05) is 12.1 Å². The van der Waals surface area contributed by atoms with Crippen molar-refractivity contribution in [3.63, 3.8) is 0 Å². The number of nitrogens with zero attached hydrogens (tertiary/aromatic N) is 3. The van der Waals surface area contributed by atoms with Gasteiger partial charge in [-0.3, -0.25) is 9.78 Å². The molecule has 1 aliphatic rings. The van der Waals surface area contributed by atoms with E-state index in [0.717, 1.165) is 59.9 Å². The third kappa shape index (κ3) is 5.46. The van der Waals surface area contributed by atoms with Crippen LogP contribution in [0.5, 0.6) is 0 Å². The van der Waals surface area contributed by atoms with Crippen molar-refractivity contribution in [2.75, 3.05) is 37.4 Å². The molecule has 3 aromatic rings. The SMILES string of the molecule is CN(C)S(=O)(=O)c1ccc(N2CCCCC2)c(C(=O)Nc2ccc(Cc3ccncc3)cc2)c1. The highest BCUT2D eigenvalue weighted by molar-refractivity contribution is 7.89. The first-order valence-electron chi connectivity index (χ1n) is 11.5. The molecule has 0 unspecified atom stereocenters. The topological polar surface area (TPSA) is 82.6 Å². The molecule has 0 saturated carbocycles. The first kappa shape index (κ1) is 23.9. The van der Waals surface area contributed by atoms with Gasteiger partial charge in [0, 0.05) is 51.0 Å². The van der Waals surface area contributed by atoms with E-state index in [-0.39, 0.29) is 10.8 Å². The first-order valence-corrected chi connectivity index (χ1v) is 12.9. The summed E-state index contributed by atoms with van der Waals surface area (Å²) in [6.07, 6.45) is 7.59. The average Bonchev–Trinajstić information content (AvgIpc) is 2.86. The Balaban J connectivity index is 1.59. The molecule has 8 heteroatoms. The minimum Gasteiger partial charge on any atom is -0.371 e. The number of sulfonamides is 1. The molecule has 2 heterocycles. The average molecular weight is 479 g/mol. The van der Waals surface area contributed by atoms with E-state index < -0.39 is 10.0 Å². The molecular formula is C26H30N4O3S. The Hall–Kier alpha value is -3.23. The van der Waals surface area contributed by atoms with Crippen LogP contribution in [0.3, 0.4) is 0 Å². The molecule has 7 nitrogen and oxygen atoms in total. The van der Waals surface area contributed by atoms with E-state index >= 15 is 0 Å². The van der Waals surface area contributed by atoms with E-state index in [4.69, 9.17) is 0 Å². The van der Waals surface area contributed by atoms with Gasteiger partial charge >= 0.3 is 0 Å². The van der Waals surface area contributed by atoms with Gasteiger partial charge in [-0.15, -0.1) is 0 Å². The summed E-state index contributed by atoms with van der Waals surface area (Å²) in [5, 5.41) is 2.95. The molecule has 0 atom stereocenters. The molecule has 2 aromatic carbocycles. The smallest absolute Gasteiger partial charge is 0.257 e. The van der Waals surface area contributed by atoms with Crippen LogP contribution in [0.1, 0.15) is 40.7 Å². The van der Waals surface area contributed by atoms with E-state index in [2.05, 4.69) is 15.2 Å². The van der Waals surface area contributed by atoms with Crippen molar-refractivity contribution in [1.29, 1.82) is 0 Å². The summed E-state index contributed by atoms with van der Waals surface area (Å²) in [4.78, 5) is 19.7. The minimum atomic E-state index is -3.66. The van der Waals surface area contributed by atoms with Crippen molar-refractivity contribution in [2.45, 2.75) is 30.6 Å². The number of carbonyl (C=O) groups excluding carboxylic acids is 1. The number of piperidine rings is 1. The Morgan fingerprint density at radius 2 is 1.59 bits per heavy atom. The first-order chi connectivity index (χ1) is 16.3. The molecule has 1 fully saturated rings. The molecule has 1 saturated heterocycles. The van der Waals surface area contributed by atoms with Crippen molar-refractivity contribution in [3.05, 3.63) is 83.7 Å². The van der Waals surface area contributed by atoms with Crippen molar-refractivity contribution in [3.8, 4) is 0 Å². The van der Waals surface area contributed by atoms with Crippen LogP contribution in [-0.2, 0) is 16.4 Å². The Labute approximate surface area is 201 Å². The van der Waals surface area contributed by atoms with Crippen LogP contribution in [0.25, 0.3) is 0 Å². The second-order valence-corrected chi connectivity index (χ2v) is 10.8. The van der Waals surface area contributed by atoms with Gasteiger partial charge in [0.05, 0.1) is 10.5 Å². The van der Waals surface area contributed by atoms with Gasteiger partial charge in [-0.2, -0.15) is 0 Å². The quantitative estimate of drug-likeness (QED) is 0.551. The Morgan fingerprint density at radius 3 is 2.24 bits per heavy atom. The highest BCUT2D eigenvalue weighted by atomic mass is 32.2. The number of amides is 1. The molecule has 4 rings (SSSR count). The Bertz CT molecular complexity index is 1240. The molecule has 0 radical (unpaired) electrons. The summed E-state index contributed by atoms with van der Waals surface area (Å²) in [6, 6.07) is 16.5. The van der Waals surface area contributed by atoms with Crippen molar-refractivity contribution in [2.24, 2.45) is 0 Å². The normalized spacial score (nSPS) is 14.3. The van der Waals surface area contributed by atoms with Gasteiger partial charge in [0.15, 0.2) is 0 Å². The lowest BCUT2D eigenvalue weighted by atomic mass is 10.1. The lowest BCUT2D eigenvalue weighted by Crippen LogP contribution is -2.32. The zero-order valence-electron chi connectivity index (χ0n) is 19.6. The molecule has 178 valence electrons. The zero-order valence-corrected chi connectivity index (χ0v) is 20.4.